The number of phenolic OH excluding ortho intramolecular Hbond substituents is 1. The van der Waals surface area contributed by atoms with Gasteiger partial charge in [0.2, 0.25) is 5.91 Å². The molecule has 1 atom stereocenters. The van der Waals surface area contributed by atoms with Crippen molar-refractivity contribution in [1.29, 1.82) is 0 Å². The zero-order valence-electron chi connectivity index (χ0n) is 10.6. The number of carboxylic acid groups (broad SMARTS) is 1. The summed E-state index contributed by atoms with van der Waals surface area (Å²) in [6, 6.07) is 4.56. The van der Waals surface area contributed by atoms with Crippen molar-refractivity contribution in [2.75, 3.05) is 0 Å². The average molecular weight is 251 g/mol. The number of nitrogens with zero attached hydrogens (tertiary/aromatic N) is 1. The third-order valence-corrected chi connectivity index (χ3v) is 2.64. The number of carbonyl (C=O) groups is 2. The molecule has 0 aliphatic rings. The minimum Gasteiger partial charge on any atom is -0.508 e. The zero-order chi connectivity index (χ0) is 13.9. The second-order valence-corrected chi connectivity index (χ2v) is 4.35. The van der Waals surface area contributed by atoms with Gasteiger partial charge in [0, 0.05) is 13.0 Å². The normalized spacial score (nSPS) is 12.2. The molecule has 0 aromatic heterocycles. The molecule has 0 bridgehead atoms. The lowest BCUT2D eigenvalue weighted by Crippen LogP contribution is -2.42. The number of carboxylic acids is 1. The largest absolute Gasteiger partial charge is 0.508 e. The summed E-state index contributed by atoms with van der Waals surface area (Å²) in [6.07, 6.45) is 0. The van der Waals surface area contributed by atoms with E-state index >= 15 is 0 Å². The van der Waals surface area contributed by atoms with Gasteiger partial charge >= 0.3 is 5.97 Å². The van der Waals surface area contributed by atoms with E-state index in [0.717, 1.165) is 0 Å². The highest BCUT2D eigenvalue weighted by molar-refractivity contribution is 5.83. The Kier molecular flexibility index (Phi) is 4.31. The van der Waals surface area contributed by atoms with Crippen LogP contribution in [0, 0.1) is 0 Å². The molecule has 5 heteroatoms. The monoisotopic (exact) mass is 251 g/mol. The van der Waals surface area contributed by atoms with E-state index in [2.05, 4.69) is 0 Å². The summed E-state index contributed by atoms with van der Waals surface area (Å²) in [5.74, 6) is -1.34. The van der Waals surface area contributed by atoms with Crippen LogP contribution in [-0.4, -0.2) is 33.0 Å². The second kappa shape index (κ2) is 5.53. The fraction of sp³-hybridized carbons (Fsp3) is 0.385. The second-order valence-electron chi connectivity index (χ2n) is 4.35. The zero-order valence-corrected chi connectivity index (χ0v) is 10.6. The van der Waals surface area contributed by atoms with E-state index in [1.54, 1.807) is 13.8 Å². The quantitative estimate of drug-likeness (QED) is 0.855. The molecule has 1 rings (SSSR count). The summed E-state index contributed by atoms with van der Waals surface area (Å²) in [4.78, 5) is 24.3. The lowest BCUT2D eigenvalue weighted by molar-refractivity contribution is -0.151. The number of aromatic hydroxyl groups is 1. The minimum absolute atomic E-state index is 0.0572. The number of amides is 1. The highest BCUT2D eigenvalue weighted by Crippen LogP contribution is 2.25. The smallest absolute Gasteiger partial charge is 0.331 e. The Morgan fingerprint density at radius 2 is 1.67 bits per heavy atom. The highest BCUT2D eigenvalue weighted by atomic mass is 16.4. The van der Waals surface area contributed by atoms with E-state index in [0.29, 0.717) is 5.56 Å². The molecule has 0 saturated carbocycles. The van der Waals surface area contributed by atoms with Crippen LogP contribution in [0.2, 0.25) is 0 Å². The maximum atomic E-state index is 11.6. The molecule has 18 heavy (non-hydrogen) atoms. The molecule has 0 saturated heterocycles. The van der Waals surface area contributed by atoms with E-state index in [1.165, 1.54) is 36.1 Å². The number of hydrogen-bond donors (Lipinski definition) is 2. The van der Waals surface area contributed by atoms with Gasteiger partial charge < -0.3 is 15.1 Å². The molecule has 2 N–H and O–H groups in total. The van der Waals surface area contributed by atoms with Gasteiger partial charge in [-0.1, -0.05) is 12.1 Å². The molecule has 1 aromatic rings. The Hall–Kier alpha value is -2.04. The molecule has 1 amide bonds. The first-order valence-corrected chi connectivity index (χ1v) is 5.65. The molecule has 0 aliphatic heterocycles. The fourth-order valence-electron chi connectivity index (χ4n) is 1.92. The van der Waals surface area contributed by atoms with Crippen LogP contribution in [0.25, 0.3) is 0 Å². The first kappa shape index (κ1) is 14.0. The maximum absolute atomic E-state index is 11.6. The van der Waals surface area contributed by atoms with Crippen molar-refractivity contribution < 1.29 is 19.8 Å². The van der Waals surface area contributed by atoms with Gasteiger partial charge in [-0.3, -0.25) is 4.79 Å². The van der Waals surface area contributed by atoms with E-state index in [9.17, 15) is 19.8 Å². The lowest BCUT2D eigenvalue weighted by atomic mass is 10.0. The Morgan fingerprint density at radius 1 is 1.17 bits per heavy atom. The molecule has 0 radical (unpaired) electrons. The van der Waals surface area contributed by atoms with Crippen LogP contribution in [0.15, 0.2) is 24.3 Å². The summed E-state index contributed by atoms with van der Waals surface area (Å²) in [6.45, 7) is 4.87. The van der Waals surface area contributed by atoms with Crippen molar-refractivity contribution in [3.8, 4) is 5.75 Å². The average Bonchev–Trinajstić information content (AvgIpc) is 2.25. The van der Waals surface area contributed by atoms with Crippen molar-refractivity contribution in [3.63, 3.8) is 0 Å². The molecule has 1 unspecified atom stereocenters. The highest BCUT2D eigenvalue weighted by Gasteiger charge is 2.31. The van der Waals surface area contributed by atoms with Crippen molar-refractivity contribution in [1.82, 2.24) is 4.90 Å². The third-order valence-electron chi connectivity index (χ3n) is 2.64. The van der Waals surface area contributed by atoms with Crippen LogP contribution in [0.1, 0.15) is 32.4 Å². The number of carbonyl (C=O) groups excluding carboxylic acids is 1. The van der Waals surface area contributed by atoms with Crippen molar-refractivity contribution in [2.24, 2.45) is 0 Å². The SMILES string of the molecule is CC(=O)N(C(C)C)C(C(=O)O)c1ccc(O)cc1. The summed E-state index contributed by atoms with van der Waals surface area (Å²) < 4.78 is 0. The van der Waals surface area contributed by atoms with Crippen LogP contribution >= 0.6 is 0 Å². The first-order chi connectivity index (χ1) is 8.34. The maximum Gasteiger partial charge on any atom is 0.331 e. The van der Waals surface area contributed by atoms with Crippen LogP contribution in [-0.2, 0) is 9.59 Å². The molecule has 0 aliphatic carbocycles. The van der Waals surface area contributed by atoms with Crippen LogP contribution in [0.4, 0.5) is 0 Å². The van der Waals surface area contributed by atoms with Crippen LogP contribution in [0.3, 0.4) is 0 Å². The Balaban J connectivity index is 3.20. The van der Waals surface area contributed by atoms with E-state index in [1.807, 2.05) is 0 Å². The molecule has 0 spiro atoms. The van der Waals surface area contributed by atoms with Crippen LogP contribution < -0.4 is 0 Å². The van der Waals surface area contributed by atoms with E-state index in [4.69, 9.17) is 0 Å². The summed E-state index contributed by atoms with van der Waals surface area (Å²) >= 11 is 0. The molecular weight excluding hydrogens is 234 g/mol. The molecular formula is C13H17NO4. The standard InChI is InChI=1S/C13H17NO4/c1-8(2)14(9(3)15)12(13(17)18)10-4-6-11(16)7-5-10/h4-8,12,16H,1-3H3,(H,17,18). The summed E-state index contributed by atoms with van der Waals surface area (Å²) in [5.41, 5.74) is 0.462. The molecule has 1 aromatic carbocycles. The number of benzene rings is 1. The van der Waals surface area contributed by atoms with Gasteiger partial charge in [-0.2, -0.15) is 0 Å². The predicted molar refractivity (Wildman–Crippen MR) is 66.1 cm³/mol. The summed E-state index contributed by atoms with van der Waals surface area (Å²) in [5, 5.41) is 18.5. The van der Waals surface area contributed by atoms with Gasteiger partial charge in [-0.05, 0) is 31.5 Å². The lowest BCUT2D eigenvalue weighted by Gasteiger charge is -2.31. The van der Waals surface area contributed by atoms with Gasteiger partial charge in [0.15, 0.2) is 6.04 Å². The third kappa shape index (κ3) is 3.00. The number of rotatable bonds is 4. The van der Waals surface area contributed by atoms with Gasteiger partial charge in [-0.15, -0.1) is 0 Å². The van der Waals surface area contributed by atoms with Gasteiger partial charge in [0.25, 0.3) is 0 Å². The molecule has 0 heterocycles. The number of phenols is 1. The van der Waals surface area contributed by atoms with E-state index in [-0.39, 0.29) is 17.7 Å². The van der Waals surface area contributed by atoms with Crippen LogP contribution in [0.5, 0.6) is 5.75 Å². The number of hydrogen-bond acceptors (Lipinski definition) is 3. The van der Waals surface area contributed by atoms with E-state index < -0.39 is 12.0 Å². The predicted octanol–water partition coefficient (Wildman–Crippen LogP) is 1.77. The molecule has 5 nitrogen and oxygen atoms in total. The van der Waals surface area contributed by atoms with Crippen molar-refractivity contribution >= 4 is 11.9 Å². The van der Waals surface area contributed by atoms with Crippen molar-refractivity contribution in [3.05, 3.63) is 29.8 Å². The fourth-order valence-corrected chi connectivity index (χ4v) is 1.92. The minimum atomic E-state index is -1.09. The molecule has 98 valence electrons. The molecule has 0 fully saturated rings. The van der Waals surface area contributed by atoms with Gasteiger partial charge in [0.1, 0.15) is 5.75 Å². The van der Waals surface area contributed by atoms with Gasteiger partial charge in [0.05, 0.1) is 0 Å². The first-order valence-electron chi connectivity index (χ1n) is 5.65. The topological polar surface area (TPSA) is 77.8 Å². The summed E-state index contributed by atoms with van der Waals surface area (Å²) in [7, 11) is 0. The Bertz CT molecular complexity index is 439. The Morgan fingerprint density at radius 3 is 2.00 bits per heavy atom. The van der Waals surface area contributed by atoms with Crippen molar-refractivity contribution in [2.45, 2.75) is 32.9 Å². The number of aliphatic carboxylic acids is 1. The van der Waals surface area contributed by atoms with Gasteiger partial charge in [-0.25, -0.2) is 4.79 Å². The Labute approximate surface area is 106 Å².